The predicted octanol–water partition coefficient (Wildman–Crippen LogP) is 2.75. The zero-order valence-electron chi connectivity index (χ0n) is 12.5. The fourth-order valence-corrected chi connectivity index (χ4v) is 2.47. The first-order valence-corrected chi connectivity index (χ1v) is 7.44. The SMILES string of the molecule is Cc1ccnc(NC(=O)c2ccnc(OC3CCCC3)c2)n1. The lowest BCUT2D eigenvalue weighted by atomic mass is 10.2. The van der Waals surface area contributed by atoms with Crippen LogP contribution in [0.3, 0.4) is 0 Å². The second-order valence-electron chi connectivity index (χ2n) is 5.38. The van der Waals surface area contributed by atoms with Gasteiger partial charge in [-0.1, -0.05) is 0 Å². The quantitative estimate of drug-likeness (QED) is 0.939. The highest BCUT2D eigenvalue weighted by atomic mass is 16.5. The molecule has 2 heterocycles. The van der Waals surface area contributed by atoms with Crippen molar-refractivity contribution in [2.45, 2.75) is 38.7 Å². The monoisotopic (exact) mass is 298 g/mol. The van der Waals surface area contributed by atoms with Crippen LogP contribution >= 0.6 is 0 Å². The number of carbonyl (C=O) groups excluding carboxylic acids is 1. The van der Waals surface area contributed by atoms with Crippen LogP contribution in [0.25, 0.3) is 0 Å². The molecule has 1 aliphatic carbocycles. The summed E-state index contributed by atoms with van der Waals surface area (Å²) in [4.78, 5) is 24.6. The van der Waals surface area contributed by atoms with E-state index < -0.39 is 0 Å². The number of rotatable bonds is 4. The Bertz CT molecular complexity index is 669. The smallest absolute Gasteiger partial charge is 0.258 e. The van der Waals surface area contributed by atoms with Crippen molar-refractivity contribution in [2.75, 3.05) is 5.32 Å². The van der Waals surface area contributed by atoms with Gasteiger partial charge in [-0.15, -0.1) is 0 Å². The van der Waals surface area contributed by atoms with E-state index in [1.807, 2.05) is 6.92 Å². The zero-order chi connectivity index (χ0) is 15.4. The largest absolute Gasteiger partial charge is 0.474 e. The normalized spacial score (nSPS) is 14.8. The van der Waals surface area contributed by atoms with E-state index in [1.165, 1.54) is 12.8 Å². The molecule has 0 atom stereocenters. The summed E-state index contributed by atoms with van der Waals surface area (Å²) in [6.45, 7) is 1.84. The molecule has 0 unspecified atom stereocenters. The van der Waals surface area contributed by atoms with Crippen molar-refractivity contribution < 1.29 is 9.53 Å². The Balaban J connectivity index is 1.69. The van der Waals surface area contributed by atoms with Crippen LogP contribution in [0, 0.1) is 6.92 Å². The van der Waals surface area contributed by atoms with Crippen LogP contribution < -0.4 is 10.1 Å². The maximum Gasteiger partial charge on any atom is 0.258 e. The van der Waals surface area contributed by atoms with Gasteiger partial charge >= 0.3 is 0 Å². The van der Waals surface area contributed by atoms with Gasteiger partial charge in [0.15, 0.2) is 0 Å². The molecule has 0 aromatic carbocycles. The fourth-order valence-electron chi connectivity index (χ4n) is 2.47. The van der Waals surface area contributed by atoms with E-state index >= 15 is 0 Å². The molecule has 0 bridgehead atoms. The first kappa shape index (κ1) is 14.4. The Labute approximate surface area is 129 Å². The molecular weight excluding hydrogens is 280 g/mol. The number of carbonyl (C=O) groups is 1. The molecule has 1 amide bonds. The van der Waals surface area contributed by atoms with E-state index in [9.17, 15) is 4.79 Å². The number of aromatic nitrogens is 3. The number of aryl methyl sites for hydroxylation is 1. The molecule has 2 aromatic rings. The van der Waals surface area contributed by atoms with E-state index in [4.69, 9.17) is 4.74 Å². The van der Waals surface area contributed by atoms with Crippen molar-refractivity contribution in [2.24, 2.45) is 0 Å². The molecule has 114 valence electrons. The van der Waals surface area contributed by atoms with Gasteiger partial charge in [-0.2, -0.15) is 0 Å². The van der Waals surface area contributed by atoms with E-state index in [0.717, 1.165) is 18.5 Å². The number of amides is 1. The van der Waals surface area contributed by atoms with Crippen LogP contribution in [0.1, 0.15) is 41.7 Å². The maximum atomic E-state index is 12.2. The highest BCUT2D eigenvalue weighted by Gasteiger charge is 2.18. The third-order valence-electron chi connectivity index (χ3n) is 3.61. The molecule has 22 heavy (non-hydrogen) atoms. The van der Waals surface area contributed by atoms with Gasteiger partial charge in [0, 0.05) is 29.7 Å². The highest BCUT2D eigenvalue weighted by Crippen LogP contribution is 2.23. The van der Waals surface area contributed by atoms with Gasteiger partial charge in [0.05, 0.1) is 0 Å². The average Bonchev–Trinajstić information content (AvgIpc) is 3.00. The highest BCUT2D eigenvalue weighted by molar-refractivity contribution is 6.03. The molecule has 2 aromatic heterocycles. The number of pyridine rings is 1. The first-order valence-electron chi connectivity index (χ1n) is 7.44. The first-order chi connectivity index (χ1) is 10.7. The van der Waals surface area contributed by atoms with Gasteiger partial charge in [-0.05, 0) is 44.7 Å². The van der Waals surface area contributed by atoms with Crippen molar-refractivity contribution >= 4 is 11.9 Å². The minimum Gasteiger partial charge on any atom is -0.474 e. The molecule has 1 N–H and O–H groups in total. The molecule has 0 aliphatic heterocycles. The van der Waals surface area contributed by atoms with Gasteiger partial charge in [-0.25, -0.2) is 15.0 Å². The summed E-state index contributed by atoms with van der Waals surface area (Å²) in [7, 11) is 0. The van der Waals surface area contributed by atoms with Crippen molar-refractivity contribution in [1.82, 2.24) is 15.0 Å². The molecule has 0 radical (unpaired) electrons. The molecule has 6 nitrogen and oxygen atoms in total. The number of anilines is 1. The van der Waals surface area contributed by atoms with Crippen LogP contribution in [0.5, 0.6) is 5.88 Å². The maximum absolute atomic E-state index is 12.2. The lowest BCUT2D eigenvalue weighted by Gasteiger charge is -2.12. The number of ether oxygens (including phenoxy) is 1. The van der Waals surface area contributed by atoms with E-state index in [2.05, 4.69) is 20.3 Å². The molecule has 6 heteroatoms. The van der Waals surface area contributed by atoms with Crippen LogP contribution in [-0.4, -0.2) is 27.0 Å². The number of hydrogen-bond acceptors (Lipinski definition) is 5. The van der Waals surface area contributed by atoms with Crippen molar-refractivity contribution in [1.29, 1.82) is 0 Å². The Morgan fingerprint density at radius 1 is 1.23 bits per heavy atom. The summed E-state index contributed by atoms with van der Waals surface area (Å²) in [5.74, 6) is 0.508. The Hall–Kier alpha value is -2.50. The Morgan fingerprint density at radius 3 is 2.77 bits per heavy atom. The number of hydrogen-bond donors (Lipinski definition) is 1. The molecule has 0 saturated heterocycles. The van der Waals surface area contributed by atoms with Crippen LogP contribution in [0.2, 0.25) is 0 Å². The summed E-state index contributed by atoms with van der Waals surface area (Å²) >= 11 is 0. The molecule has 1 saturated carbocycles. The molecule has 1 fully saturated rings. The molecule has 1 aliphatic rings. The average molecular weight is 298 g/mol. The Morgan fingerprint density at radius 2 is 2.00 bits per heavy atom. The standard InChI is InChI=1S/C16H18N4O2/c1-11-6-8-18-16(19-11)20-15(21)12-7-9-17-14(10-12)22-13-4-2-3-5-13/h6-10,13H,2-5H2,1H3,(H,18,19,20,21). The topological polar surface area (TPSA) is 77.0 Å². The van der Waals surface area contributed by atoms with Crippen molar-refractivity contribution in [3.05, 3.63) is 41.9 Å². The second-order valence-corrected chi connectivity index (χ2v) is 5.38. The minimum absolute atomic E-state index is 0.214. The van der Waals surface area contributed by atoms with Gasteiger partial charge < -0.3 is 4.74 Å². The molecular formula is C16H18N4O2. The second kappa shape index (κ2) is 6.51. The van der Waals surface area contributed by atoms with E-state index in [0.29, 0.717) is 17.4 Å². The fraction of sp³-hybridized carbons (Fsp3) is 0.375. The van der Waals surface area contributed by atoms with Gasteiger partial charge in [0.2, 0.25) is 11.8 Å². The molecule has 3 rings (SSSR count). The summed E-state index contributed by atoms with van der Waals surface area (Å²) in [5.41, 5.74) is 1.28. The third-order valence-corrected chi connectivity index (χ3v) is 3.61. The minimum atomic E-state index is -0.274. The van der Waals surface area contributed by atoms with Gasteiger partial charge in [0.25, 0.3) is 5.91 Å². The van der Waals surface area contributed by atoms with Gasteiger partial charge in [-0.3, -0.25) is 10.1 Å². The zero-order valence-corrected chi connectivity index (χ0v) is 12.5. The predicted molar refractivity (Wildman–Crippen MR) is 81.8 cm³/mol. The van der Waals surface area contributed by atoms with Crippen LogP contribution in [-0.2, 0) is 0 Å². The van der Waals surface area contributed by atoms with Crippen molar-refractivity contribution in [3.8, 4) is 5.88 Å². The summed E-state index contributed by atoms with van der Waals surface area (Å²) in [6, 6.07) is 5.08. The van der Waals surface area contributed by atoms with E-state index in [-0.39, 0.29) is 12.0 Å². The number of nitrogens with one attached hydrogen (secondary N) is 1. The van der Waals surface area contributed by atoms with E-state index in [1.54, 1.807) is 30.6 Å². The summed E-state index contributed by atoms with van der Waals surface area (Å²) < 4.78 is 5.81. The summed E-state index contributed by atoms with van der Waals surface area (Å²) in [6.07, 6.45) is 7.89. The summed E-state index contributed by atoms with van der Waals surface area (Å²) in [5, 5.41) is 2.68. The van der Waals surface area contributed by atoms with Crippen LogP contribution in [0.15, 0.2) is 30.6 Å². The Kier molecular flexibility index (Phi) is 4.27. The lowest BCUT2D eigenvalue weighted by molar-refractivity contribution is 0.102. The number of nitrogens with zero attached hydrogens (tertiary/aromatic N) is 3. The third kappa shape index (κ3) is 3.58. The van der Waals surface area contributed by atoms with Gasteiger partial charge in [0.1, 0.15) is 6.10 Å². The molecule has 0 spiro atoms. The van der Waals surface area contributed by atoms with Crippen LogP contribution in [0.4, 0.5) is 5.95 Å². The van der Waals surface area contributed by atoms with Crippen molar-refractivity contribution in [3.63, 3.8) is 0 Å². The lowest BCUT2D eigenvalue weighted by Crippen LogP contribution is -2.16.